The van der Waals surface area contributed by atoms with E-state index in [2.05, 4.69) is 17.6 Å². The first-order chi connectivity index (χ1) is 9.07. The molecule has 2 saturated carbocycles. The summed E-state index contributed by atoms with van der Waals surface area (Å²) in [5, 5.41) is 16.3. The zero-order chi connectivity index (χ0) is 13.7. The highest BCUT2D eigenvalue weighted by atomic mass is 16.3. The van der Waals surface area contributed by atoms with Gasteiger partial charge in [-0.1, -0.05) is 39.0 Å². The van der Waals surface area contributed by atoms with Crippen molar-refractivity contribution >= 4 is 6.03 Å². The zero-order valence-electron chi connectivity index (χ0n) is 12.1. The predicted molar refractivity (Wildman–Crippen MR) is 76.0 cm³/mol. The molecule has 2 unspecified atom stereocenters. The van der Waals surface area contributed by atoms with Gasteiger partial charge in [0.15, 0.2) is 0 Å². The van der Waals surface area contributed by atoms with E-state index >= 15 is 0 Å². The molecule has 0 aromatic carbocycles. The summed E-state index contributed by atoms with van der Waals surface area (Å²) >= 11 is 0. The van der Waals surface area contributed by atoms with Crippen LogP contribution in [-0.2, 0) is 0 Å². The standard InChI is InChI=1S/C15H28N2O2/c1-12-6-5-9-15(19,10-12)11-16-14(18)17-13-7-3-2-4-8-13/h12-13,19H,2-11H2,1H3,(H2,16,17,18). The molecule has 110 valence electrons. The van der Waals surface area contributed by atoms with Crippen LogP contribution in [0.4, 0.5) is 4.79 Å². The highest BCUT2D eigenvalue weighted by Crippen LogP contribution is 2.31. The maximum atomic E-state index is 11.8. The fraction of sp³-hybridized carbons (Fsp3) is 0.933. The molecular weight excluding hydrogens is 240 g/mol. The third kappa shape index (κ3) is 4.68. The maximum Gasteiger partial charge on any atom is 0.315 e. The average molecular weight is 268 g/mol. The summed E-state index contributed by atoms with van der Waals surface area (Å²) in [6.07, 6.45) is 9.76. The lowest BCUT2D eigenvalue weighted by Crippen LogP contribution is -2.50. The molecule has 0 aromatic rings. The first-order valence-corrected chi connectivity index (χ1v) is 7.84. The SMILES string of the molecule is CC1CCCC(O)(CNC(=O)NC2CCCCC2)C1. The molecule has 19 heavy (non-hydrogen) atoms. The second kappa shape index (κ2) is 6.60. The lowest BCUT2D eigenvalue weighted by Gasteiger charge is -2.35. The summed E-state index contributed by atoms with van der Waals surface area (Å²) in [5.74, 6) is 0.557. The molecule has 0 aliphatic heterocycles. The highest BCUT2D eigenvalue weighted by Gasteiger charge is 2.32. The van der Waals surface area contributed by atoms with Gasteiger partial charge in [0.25, 0.3) is 0 Å². The van der Waals surface area contributed by atoms with Crippen molar-refractivity contribution in [2.24, 2.45) is 5.92 Å². The summed E-state index contributed by atoms with van der Waals surface area (Å²) in [4.78, 5) is 11.8. The Morgan fingerprint density at radius 2 is 1.95 bits per heavy atom. The number of hydrogen-bond donors (Lipinski definition) is 3. The van der Waals surface area contributed by atoms with Crippen molar-refractivity contribution in [1.29, 1.82) is 0 Å². The Labute approximate surface area is 116 Å². The molecular formula is C15H28N2O2. The number of carbonyl (C=O) groups is 1. The molecule has 3 N–H and O–H groups in total. The molecule has 0 saturated heterocycles. The van der Waals surface area contributed by atoms with E-state index in [1.54, 1.807) is 0 Å². The van der Waals surface area contributed by atoms with E-state index < -0.39 is 5.60 Å². The highest BCUT2D eigenvalue weighted by molar-refractivity contribution is 5.74. The molecule has 2 rings (SSSR count). The molecule has 2 atom stereocenters. The van der Waals surface area contributed by atoms with Crippen LogP contribution in [0.1, 0.15) is 64.7 Å². The quantitative estimate of drug-likeness (QED) is 0.736. The number of nitrogens with one attached hydrogen (secondary N) is 2. The third-order valence-corrected chi connectivity index (χ3v) is 4.59. The number of carbonyl (C=O) groups excluding carboxylic acids is 1. The van der Waals surface area contributed by atoms with E-state index in [9.17, 15) is 9.90 Å². The van der Waals surface area contributed by atoms with E-state index in [4.69, 9.17) is 0 Å². The first kappa shape index (κ1) is 14.6. The second-order valence-corrected chi connectivity index (χ2v) is 6.59. The van der Waals surface area contributed by atoms with Crippen LogP contribution in [0, 0.1) is 5.92 Å². The molecule has 2 fully saturated rings. The Hall–Kier alpha value is -0.770. The van der Waals surface area contributed by atoms with Crippen LogP contribution < -0.4 is 10.6 Å². The largest absolute Gasteiger partial charge is 0.388 e. The minimum Gasteiger partial charge on any atom is -0.388 e. The van der Waals surface area contributed by atoms with Crippen molar-refractivity contribution in [3.63, 3.8) is 0 Å². The number of hydrogen-bond acceptors (Lipinski definition) is 2. The molecule has 0 radical (unpaired) electrons. The molecule has 0 spiro atoms. The summed E-state index contributed by atoms with van der Waals surface area (Å²) in [5.41, 5.74) is -0.693. The van der Waals surface area contributed by atoms with E-state index in [0.29, 0.717) is 18.5 Å². The van der Waals surface area contributed by atoms with E-state index in [1.165, 1.54) is 25.7 Å². The fourth-order valence-corrected chi connectivity index (χ4v) is 3.52. The van der Waals surface area contributed by atoms with Crippen molar-refractivity contribution < 1.29 is 9.90 Å². The van der Waals surface area contributed by atoms with Crippen LogP contribution in [0.15, 0.2) is 0 Å². The molecule has 0 bridgehead atoms. The minimum atomic E-state index is -0.693. The normalized spacial score (nSPS) is 32.8. The molecule has 0 heterocycles. The zero-order valence-corrected chi connectivity index (χ0v) is 12.1. The molecule has 2 aliphatic rings. The third-order valence-electron chi connectivity index (χ3n) is 4.59. The van der Waals surface area contributed by atoms with Gasteiger partial charge in [-0.25, -0.2) is 4.79 Å². The Kier molecular flexibility index (Phi) is 5.08. The van der Waals surface area contributed by atoms with Gasteiger partial charge in [0.05, 0.1) is 5.60 Å². The first-order valence-electron chi connectivity index (χ1n) is 7.84. The van der Waals surface area contributed by atoms with Crippen LogP contribution >= 0.6 is 0 Å². The Morgan fingerprint density at radius 3 is 2.63 bits per heavy atom. The van der Waals surface area contributed by atoms with Crippen molar-refractivity contribution in [2.45, 2.75) is 76.4 Å². The van der Waals surface area contributed by atoms with Crippen LogP contribution in [0.2, 0.25) is 0 Å². The van der Waals surface area contributed by atoms with Gasteiger partial charge in [-0.15, -0.1) is 0 Å². The molecule has 2 aliphatic carbocycles. The second-order valence-electron chi connectivity index (χ2n) is 6.59. The molecule has 0 aromatic heterocycles. The van der Waals surface area contributed by atoms with Crippen LogP contribution in [0.5, 0.6) is 0 Å². The monoisotopic (exact) mass is 268 g/mol. The van der Waals surface area contributed by atoms with Gasteiger partial charge < -0.3 is 15.7 Å². The number of amides is 2. The van der Waals surface area contributed by atoms with Gasteiger partial charge in [0, 0.05) is 12.6 Å². The maximum absolute atomic E-state index is 11.8. The number of rotatable bonds is 3. The van der Waals surface area contributed by atoms with Crippen molar-refractivity contribution in [3.8, 4) is 0 Å². The summed E-state index contributed by atoms with van der Waals surface area (Å²) < 4.78 is 0. The van der Waals surface area contributed by atoms with Gasteiger partial charge >= 0.3 is 6.03 Å². The van der Waals surface area contributed by atoms with E-state index in [0.717, 1.165) is 32.1 Å². The van der Waals surface area contributed by atoms with Crippen LogP contribution in [0.3, 0.4) is 0 Å². The van der Waals surface area contributed by atoms with Gasteiger partial charge in [0.1, 0.15) is 0 Å². The lowest BCUT2D eigenvalue weighted by atomic mass is 9.79. The minimum absolute atomic E-state index is 0.112. The van der Waals surface area contributed by atoms with Crippen molar-refractivity contribution in [1.82, 2.24) is 10.6 Å². The summed E-state index contributed by atoms with van der Waals surface area (Å²) in [7, 11) is 0. The van der Waals surface area contributed by atoms with Crippen molar-refractivity contribution in [2.75, 3.05) is 6.54 Å². The number of aliphatic hydroxyl groups is 1. The van der Waals surface area contributed by atoms with E-state index in [1.807, 2.05) is 0 Å². The Balaban J connectivity index is 1.70. The summed E-state index contributed by atoms with van der Waals surface area (Å²) in [6.45, 7) is 2.56. The number of urea groups is 1. The Morgan fingerprint density at radius 1 is 1.21 bits per heavy atom. The smallest absolute Gasteiger partial charge is 0.315 e. The molecule has 2 amide bonds. The van der Waals surface area contributed by atoms with Gasteiger partial charge in [-0.3, -0.25) is 0 Å². The lowest BCUT2D eigenvalue weighted by molar-refractivity contribution is -0.00959. The van der Waals surface area contributed by atoms with Gasteiger partial charge in [0.2, 0.25) is 0 Å². The average Bonchev–Trinajstić information content (AvgIpc) is 2.38. The van der Waals surface area contributed by atoms with Crippen molar-refractivity contribution in [3.05, 3.63) is 0 Å². The van der Waals surface area contributed by atoms with Gasteiger partial charge in [-0.2, -0.15) is 0 Å². The molecule has 4 heteroatoms. The van der Waals surface area contributed by atoms with Gasteiger partial charge in [-0.05, 0) is 31.6 Å². The summed E-state index contributed by atoms with van der Waals surface area (Å²) in [6, 6.07) is 0.215. The predicted octanol–water partition coefficient (Wildman–Crippen LogP) is 2.56. The van der Waals surface area contributed by atoms with E-state index in [-0.39, 0.29) is 6.03 Å². The molecule has 4 nitrogen and oxygen atoms in total. The van der Waals surface area contributed by atoms with Crippen LogP contribution in [-0.4, -0.2) is 29.3 Å². The fourth-order valence-electron chi connectivity index (χ4n) is 3.52. The topological polar surface area (TPSA) is 61.4 Å². The van der Waals surface area contributed by atoms with Crippen LogP contribution in [0.25, 0.3) is 0 Å². The Bertz CT molecular complexity index is 303.